The first-order chi connectivity index (χ1) is 17.3. The highest BCUT2D eigenvalue weighted by Gasteiger charge is 2.17. The first-order valence-electron chi connectivity index (χ1n) is 11.2. The van der Waals surface area contributed by atoms with Crippen molar-refractivity contribution in [3.05, 3.63) is 121 Å². The van der Waals surface area contributed by atoms with Crippen LogP contribution in [0.3, 0.4) is 0 Å². The van der Waals surface area contributed by atoms with E-state index in [-0.39, 0.29) is 11.7 Å². The number of pyridine rings is 1. The maximum absolute atomic E-state index is 12.9. The van der Waals surface area contributed by atoms with E-state index in [1.165, 1.54) is 17.3 Å². The van der Waals surface area contributed by atoms with Crippen LogP contribution < -0.4 is 5.32 Å². The van der Waals surface area contributed by atoms with Crippen molar-refractivity contribution in [3.63, 3.8) is 0 Å². The van der Waals surface area contributed by atoms with Crippen LogP contribution in [0, 0.1) is 0 Å². The van der Waals surface area contributed by atoms with Gasteiger partial charge < -0.3 is 5.32 Å². The van der Waals surface area contributed by atoms with Gasteiger partial charge in [0.2, 0.25) is 5.91 Å². The number of rotatable bonds is 8. The number of anilines is 1. The van der Waals surface area contributed by atoms with E-state index < -0.39 is 0 Å². The van der Waals surface area contributed by atoms with Gasteiger partial charge in [-0.1, -0.05) is 78.5 Å². The molecule has 2 aromatic heterocycles. The Balaban J connectivity index is 1.34. The smallest absolute Gasteiger partial charge is 0.234 e. The summed E-state index contributed by atoms with van der Waals surface area (Å²) in [6, 6.07) is 31.8. The lowest BCUT2D eigenvalue weighted by Gasteiger charge is -2.12. The van der Waals surface area contributed by atoms with Crippen LogP contribution in [-0.2, 0) is 11.2 Å². The highest BCUT2D eigenvalue weighted by molar-refractivity contribution is 7.99. The van der Waals surface area contributed by atoms with Crippen LogP contribution in [0.25, 0.3) is 17.1 Å². The number of para-hydroxylation sites is 2. The molecule has 0 fully saturated rings. The zero-order valence-corrected chi connectivity index (χ0v) is 19.7. The van der Waals surface area contributed by atoms with Crippen LogP contribution in [0.4, 0.5) is 5.69 Å². The molecule has 1 N–H and O–H groups in total. The Labute approximate surface area is 208 Å². The van der Waals surface area contributed by atoms with Gasteiger partial charge >= 0.3 is 0 Å². The van der Waals surface area contributed by atoms with E-state index in [0.29, 0.717) is 11.0 Å². The first kappa shape index (κ1) is 22.6. The second-order valence-corrected chi connectivity index (χ2v) is 8.82. The van der Waals surface area contributed by atoms with Crippen LogP contribution in [0.1, 0.15) is 11.1 Å². The highest BCUT2D eigenvalue weighted by atomic mass is 32.2. The lowest BCUT2D eigenvalue weighted by molar-refractivity contribution is -0.113. The third kappa shape index (κ3) is 5.47. The van der Waals surface area contributed by atoms with Gasteiger partial charge in [-0.2, -0.15) is 0 Å². The molecule has 2 heterocycles. The number of aromatic nitrogens is 4. The summed E-state index contributed by atoms with van der Waals surface area (Å²) < 4.78 is 1.96. The molecule has 7 heteroatoms. The lowest BCUT2D eigenvalue weighted by atomic mass is 10.0. The summed E-state index contributed by atoms with van der Waals surface area (Å²) in [5, 5.41) is 12.5. The van der Waals surface area contributed by atoms with E-state index in [0.717, 1.165) is 28.9 Å². The molecule has 0 spiro atoms. The molecule has 172 valence electrons. The maximum atomic E-state index is 12.9. The van der Waals surface area contributed by atoms with Crippen LogP contribution in [0.2, 0.25) is 0 Å². The zero-order chi connectivity index (χ0) is 23.9. The molecule has 3 aromatic carbocycles. The standard InChI is InChI=1S/C28H23N5OS/c34-26(30-25-16-8-7-12-22(25)18-21-10-3-1-4-11-21)20-35-28-32-31-27(23-13-9-17-29-19-23)33(28)24-14-5-2-6-15-24/h1-17,19H,18,20H2,(H,30,34). The van der Waals surface area contributed by atoms with Crippen molar-refractivity contribution in [3.8, 4) is 17.1 Å². The largest absolute Gasteiger partial charge is 0.325 e. The minimum atomic E-state index is -0.0962. The van der Waals surface area contributed by atoms with Gasteiger partial charge in [0, 0.05) is 29.3 Å². The number of amides is 1. The van der Waals surface area contributed by atoms with Gasteiger partial charge in [-0.05, 0) is 47.9 Å². The molecule has 0 saturated heterocycles. The van der Waals surface area contributed by atoms with Crippen LogP contribution in [-0.4, -0.2) is 31.4 Å². The van der Waals surface area contributed by atoms with Gasteiger partial charge in [0.1, 0.15) is 0 Å². The molecule has 0 radical (unpaired) electrons. The molecular formula is C28H23N5OS. The maximum Gasteiger partial charge on any atom is 0.234 e. The second-order valence-electron chi connectivity index (χ2n) is 7.88. The summed E-state index contributed by atoms with van der Waals surface area (Å²) >= 11 is 1.35. The molecule has 0 bridgehead atoms. The predicted octanol–water partition coefficient (Wildman–Crippen LogP) is 5.65. The molecule has 0 saturated carbocycles. The molecule has 0 aliphatic rings. The Hall–Kier alpha value is -4.23. The van der Waals surface area contributed by atoms with E-state index in [9.17, 15) is 4.79 Å². The molecule has 0 unspecified atom stereocenters. The third-order valence-electron chi connectivity index (χ3n) is 5.43. The van der Waals surface area contributed by atoms with Crippen LogP contribution >= 0.6 is 11.8 Å². The molecule has 1 amide bonds. The summed E-state index contributed by atoms with van der Waals surface area (Å²) in [6.07, 6.45) is 4.23. The fourth-order valence-corrected chi connectivity index (χ4v) is 4.54. The number of hydrogen-bond acceptors (Lipinski definition) is 5. The monoisotopic (exact) mass is 477 g/mol. The fraction of sp³-hybridized carbons (Fsp3) is 0.0714. The summed E-state index contributed by atoms with van der Waals surface area (Å²) in [4.78, 5) is 17.1. The Morgan fingerprint density at radius 3 is 2.34 bits per heavy atom. The number of carbonyl (C=O) groups excluding carboxylic acids is 1. The molecule has 0 atom stereocenters. The number of thioether (sulfide) groups is 1. The molecule has 5 aromatic rings. The fourth-order valence-electron chi connectivity index (χ4n) is 3.78. The van der Waals surface area contributed by atoms with E-state index in [1.807, 2.05) is 89.5 Å². The first-order valence-corrected chi connectivity index (χ1v) is 12.2. The average molecular weight is 478 g/mol. The number of benzene rings is 3. The molecule has 0 aliphatic carbocycles. The summed E-state index contributed by atoms with van der Waals surface area (Å²) in [7, 11) is 0. The van der Waals surface area contributed by atoms with Crippen LogP contribution in [0.5, 0.6) is 0 Å². The minimum Gasteiger partial charge on any atom is -0.325 e. The SMILES string of the molecule is O=C(CSc1nnc(-c2cccnc2)n1-c1ccccc1)Nc1ccccc1Cc1ccccc1. The summed E-state index contributed by atoms with van der Waals surface area (Å²) in [5.41, 5.74) is 4.87. The van der Waals surface area contributed by atoms with Crippen molar-refractivity contribution in [2.75, 3.05) is 11.1 Å². The second kappa shape index (κ2) is 10.8. The van der Waals surface area contributed by atoms with Gasteiger partial charge in [0.05, 0.1) is 5.75 Å². The lowest BCUT2D eigenvalue weighted by Crippen LogP contribution is -2.16. The normalized spacial score (nSPS) is 10.7. The number of nitrogens with one attached hydrogen (secondary N) is 1. The van der Waals surface area contributed by atoms with Gasteiger partial charge in [-0.15, -0.1) is 10.2 Å². The van der Waals surface area contributed by atoms with Gasteiger partial charge in [-0.25, -0.2) is 0 Å². The van der Waals surface area contributed by atoms with Crippen molar-refractivity contribution in [1.82, 2.24) is 19.7 Å². The van der Waals surface area contributed by atoms with E-state index in [2.05, 4.69) is 32.6 Å². The van der Waals surface area contributed by atoms with Crippen molar-refractivity contribution < 1.29 is 4.79 Å². The van der Waals surface area contributed by atoms with Crippen molar-refractivity contribution in [2.24, 2.45) is 0 Å². The summed E-state index contributed by atoms with van der Waals surface area (Å²) in [6.45, 7) is 0. The third-order valence-corrected chi connectivity index (χ3v) is 6.36. The van der Waals surface area contributed by atoms with Crippen LogP contribution in [0.15, 0.2) is 115 Å². The molecule has 35 heavy (non-hydrogen) atoms. The molecule has 5 rings (SSSR count). The highest BCUT2D eigenvalue weighted by Crippen LogP contribution is 2.28. The predicted molar refractivity (Wildman–Crippen MR) is 140 cm³/mol. The Bertz CT molecular complexity index is 1410. The topological polar surface area (TPSA) is 72.7 Å². The molecule has 0 aliphatic heterocycles. The Kier molecular flexibility index (Phi) is 6.96. The van der Waals surface area contributed by atoms with Gasteiger partial charge in [0.25, 0.3) is 0 Å². The van der Waals surface area contributed by atoms with E-state index >= 15 is 0 Å². The van der Waals surface area contributed by atoms with Gasteiger partial charge in [-0.3, -0.25) is 14.3 Å². The number of nitrogens with zero attached hydrogens (tertiary/aromatic N) is 4. The Morgan fingerprint density at radius 2 is 1.57 bits per heavy atom. The van der Waals surface area contributed by atoms with Crippen molar-refractivity contribution in [2.45, 2.75) is 11.6 Å². The van der Waals surface area contributed by atoms with Crippen molar-refractivity contribution in [1.29, 1.82) is 0 Å². The molecule has 6 nitrogen and oxygen atoms in total. The van der Waals surface area contributed by atoms with Gasteiger partial charge in [0.15, 0.2) is 11.0 Å². The minimum absolute atomic E-state index is 0.0962. The number of hydrogen-bond donors (Lipinski definition) is 1. The van der Waals surface area contributed by atoms with Crippen molar-refractivity contribution >= 4 is 23.4 Å². The Morgan fingerprint density at radius 1 is 0.829 bits per heavy atom. The molecular weight excluding hydrogens is 454 g/mol. The van der Waals surface area contributed by atoms with E-state index in [4.69, 9.17) is 0 Å². The summed E-state index contributed by atoms with van der Waals surface area (Å²) in [5.74, 6) is 0.791. The zero-order valence-electron chi connectivity index (χ0n) is 18.9. The average Bonchev–Trinajstić information content (AvgIpc) is 3.34. The van der Waals surface area contributed by atoms with E-state index in [1.54, 1.807) is 12.4 Å². The number of carbonyl (C=O) groups is 1. The quantitative estimate of drug-likeness (QED) is 0.292.